The van der Waals surface area contributed by atoms with Gasteiger partial charge in [0, 0.05) is 18.5 Å². The van der Waals surface area contributed by atoms with Crippen LogP contribution in [-0.2, 0) is 0 Å². The largest absolute Gasteiger partial charge is 0.347 e. The molecule has 0 saturated carbocycles. The smallest absolute Gasteiger partial charge is 0.261 e. The number of benzene rings is 1. The molecular weight excluding hydrogens is 354 g/mol. The van der Waals surface area contributed by atoms with E-state index in [9.17, 15) is 13.6 Å². The van der Waals surface area contributed by atoms with Crippen LogP contribution in [-0.4, -0.2) is 25.0 Å². The number of thiophene rings is 1. The minimum Gasteiger partial charge on any atom is -0.347 e. The third-order valence-electron chi connectivity index (χ3n) is 4.24. The van der Waals surface area contributed by atoms with E-state index in [1.807, 2.05) is 18.4 Å². The average Bonchev–Trinajstić information content (AvgIpc) is 2.97. The molecule has 1 aliphatic rings. The van der Waals surface area contributed by atoms with Crippen LogP contribution >= 0.6 is 23.7 Å². The first kappa shape index (κ1) is 18.8. The second kappa shape index (κ2) is 8.05. The van der Waals surface area contributed by atoms with Gasteiger partial charge in [-0.3, -0.25) is 4.79 Å². The van der Waals surface area contributed by atoms with Crippen molar-refractivity contribution in [3.63, 3.8) is 0 Å². The lowest BCUT2D eigenvalue weighted by atomic mass is 9.86. The van der Waals surface area contributed by atoms with Gasteiger partial charge in [0.05, 0.1) is 4.88 Å². The van der Waals surface area contributed by atoms with E-state index < -0.39 is 11.6 Å². The summed E-state index contributed by atoms with van der Waals surface area (Å²) in [6.45, 7) is 3.30. The zero-order chi connectivity index (χ0) is 16.4. The van der Waals surface area contributed by atoms with Gasteiger partial charge in [0.15, 0.2) is 11.6 Å². The monoisotopic (exact) mass is 372 g/mol. The molecule has 1 fully saturated rings. The van der Waals surface area contributed by atoms with Gasteiger partial charge in [0.25, 0.3) is 5.91 Å². The Morgan fingerprint density at radius 2 is 2.08 bits per heavy atom. The van der Waals surface area contributed by atoms with Crippen LogP contribution in [0.2, 0.25) is 0 Å². The van der Waals surface area contributed by atoms with Gasteiger partial charge in [-0.05, 0) is 54.6 Å². The van der Waals surface area contributed by atoms with Crippen LogP contribution in [0.4, 0.5) is 8.78 Å². The summed E-state index contributed by atoms with van der Waals surface area (Å²) in [5, 5.41) is 8.17. The zero-order valence-electron chi connectivity index (χ0n) is 13.1. The molecule has 2 unspecified atom stereocenters. The van der Waals surface area contributed by atoms with E-state index in [4.69, 9.17) is 0 Å². The van der Waals surface area contributed by atoms with E-state index in [-0.39, 0.29) is 30.3 Å². The first-order chi connectivity index (χ1) is 11.1. The minimum absolute atomic E-state index is 0. The first-order valence-electron chi connectivity index (χ1n) is 7.57. The fourth-order valence-corrected chi connectivity index (χ4v) is 3.82. The van der Waals surface area contributed by atoms with Crippen LogP contribution < -0.4 is 10.6 Å². The van der Waals surface area contributed by atoms with Crippen molar-refractivity contribution in [3.05, 3.63) is 57.3 Å². The Bertz CT molecular complexity index is 722. The summed E-state index contributed by atoms with van der Waals surface area (Å²) in [6, 6.07) is 5.74. The number of carbonyl (C=O) groups excluding carboxylic acids is 1. The highest BCUT2D eigenvalue weighted by molar-refractivity contribution is 7.12. The van der Waals surface area contributed by atoms with E-state index in [0.717, 1.165) is 30.2 Å². The highest BCUT2D eigenvalue weighted by Crippen LogP contribution is 2.27. The lowest BCUT2D eigenvalue weighted by molar-refractivity contribution is 0.0928. The van der Waals surface area contributed by atoms with Gasteiger partial charge in [-0.1, -0.05) is 6.07 Å². The zero-order valence-corrected chi connectivity index (χ0v) is 14.8. The van der Waals surface area contributed by atoms with Crippen molar-refractivity contribution in [1.82, 2.24) is 10.6 Å². The molecule has 0 radical (unpaired) electrons. The molecular formula is C17H19ClF2N2OS. The number of nitrogens with one attached hydrogen (secondary N) is 2. The Hall–Kier alpha value is -1.50. The predicted octanol–water partition coefficient (Wildman–Crippen LogP) is 3.63. The molecule has 24 heavy (non-hydrogen) atoms. The molecule has 130 valence electrons. The molecule has 3 rings (SSSR count). The van der Waals surface area contributed by atoms with Crippen molar-refractivity contribution in [3.8, 4) is 0 Å². The Morgan fingerprint density at radius 1 is 1.29 bits per heavy atom. The minimum atomic E-state index is -0.850. The number of halogens is 3. The van der Waals surface area contributed by atoms with Crippen molar-refractivity contribution < 1.29 is 13.6 Å². The van der Waals surface area contributed by atoms with Crippen LogP contribution in [0.1, 0.15) is 33.1 Å². The van der Waals surface area contributed by atoms with E-state index in [1.54, 1.807) is 6.07 Å². The van der Waals surface area contributed by atoms with Crippen LogP contribution in [0.25, 0.3) is 0 Å². The third kappa shape index (κ3) is 3.94. The molecule has 1 saturated heterocycles. The van der Waals surface area contributed by atoms with Crippen LogP contribution in [0.15, 0.2) is 29.6 Å². The highest BCUT2D eigenvalue weighted by Gasteiger charge is 2.29. The Morgan fingerprint density at radius 3 is 2.75 bits per heavy atom. The molecule has 2 aromatic rings. The molecule has 0 aliphatic carbocycles. The Kier molecular flexibility index (Phi) is 6.32. The number of hydrogen-bond donors (Lipinski definition) is 2. The third-order valence-corrected chi connectivity index (χ3v) is 5.25. The lowest BCUT2D eigenvalue weighted by Gasteiger charge is -2.33. The maximum Gasteiger partial charge on any atom is 0.261 e. The molecule has 1 amide bonds. The van der Waals surface area contributed by atoms with Crippen molar-refractivity contribution in [2.45, 2.75) is 25.3 Å². The number of amides is 1. The van der Waals surface area contributed by atoms with Crippen LogP contribution in [0.5, 0.6) is 0 Å². The van der Waals surface area contributed by atoms with Crippen LogP contribution in [0.3, 0.4) is 0 Å². The number of aryl methyl sites for hydroxylation is 1. The van der Waals surface area contributed by atoms with Gasteiger partial charge in [-0.15, -0.1) is 23.7 Å². The fraction of sp³-hybridized carbons (Fsp3) is 0.353. The fourth-order valence-electron chi connectivity index (χ4n) is 2.99. The molecule has 1 aromatic heterocycles. The van der Waals surface area contributed by atoms with Crippen molar-refractivity contribution in [2.75, 3.05) is 13.1 Å². The van der Waals surface area contributed by atoms with E-state index >= 15 is 0 Å². The summed E-state index contributed by atoms with van der Waals surface area (Å²) in [5.74, 6) is -1.84. The highest BCUT2D eigenvalue weighted by atomic mass is 35.5. The van der Waals surface area contributed by atoms with Crippen molar-refractivity contribution in [2.24, 2.45) is 0 Å². The van der Waals surface area contributed by atoms with Crippen LogP contribution in [0, 0.1) is 18.6 Å². The molecule has 2 heterocycles. The van der Waals surface area contributed by atoms with Gasteiger partial charge in [-0.25, -0.2) is 8.78 Å². The molecule has 0 bridgehead atoms. The first-order valence-corrected chi connectivity index (χ1v) is 8.45. The lowest BCUT2D eigenvalue weighted by Crippen LogP contribution is -2.50. The van der Waals surface area contributed by atoms with Crippen molar-refractivity contribution >= 4 is 29.7 Å². The standard InChI is InChI=1S/C17H18F2N2OS.ClH/c1-10-5-7-23-16(10)17(22)21-15-9-20-6-4-12(15)11-2-3-13(18)14(19)8-11;/h2-3,5,7-8,12,15,20H,4,6,9H2,1H3,(H,21,22);1H. The summed E-state index contributed by atoms with van der Waals surface area (Å²) in [5.41, 5.74) is 1.67. The summed E-state index contributed by atoms with van der Waals surface area (Å²) in [6.07, 6.45) is 0.763. The summed E-state index contributed by atoms with van der Waals surface area (Å²) in [7, 11) is 0. The maximum absolute atomic E-state index is 13.5. The predicted molar refractivity (Wildman–Crippen MR) is 94.1 cm³/mol. The molecule has 3 nitrogen and oxygen atoms in total. The van der Waals surface area contributed by atoms with E-state index in [1.165, 1.54) is 17.4 Å². The van der Waals surface area contributed by atoms with E-state index in [2.05, 4.69) is 10.6 Å². The second-order valence-electron chi connectivity index (χ2n) is 5.79. The Labute approximate surface area is 149 Å². The van der Waals surface area contributed by atoms with Gasteiger partial charge in [0.2, 0.25) is 0 Å². The quantitative estimate of drug-likeness (QED) is 0.863. The number of piperidine rings is 1. The summed E-state index contributed by atoms with van der Waals surface area (Å²) >= 11 is 1.41. The Balaban J connectivity index is 0.00000208. The second-order valence-corrected chi connectivity index (χ2v) is 6.70. The van der Waals surface area contributed by atoms with Gasteiger partial charge in [0.1, 0.15) is 0 Å². The van der Waals surface area contributed by atoms with E-state index in [0.29, 0.717) is 11.4 Å². The van der Waals surface area contributed by atoms with Crippen molar-refractivity contribution in [1.29, 1.82) is 0 Å². The molecule has 2 N–H and O–H groups in total. The number of hydrogen-bond acceptors (Lipinski definition) is 3. The average molecular weight is 373 g/mol. The normalized spacial score (nSPS) is 20.3. The molecule has 7 heteroatoms. The summed E-state index contributed by atoms with van der Waals surface area (Å²) in [4.78, 5) is 13.1. The van der Waals surface area contributed by atoms with Gasteiger partial charge >= 0.3 is 0 Å². The molecule has 1 aromatic carbocycles. The number of rotatable bonds is 3. The molecule has 2 atom stereocenters. The summed E-state index contributed by atoms with van der Waals surface area (Å²) < 4.78 is 26.7. The van der Waals surface area contributed by atoms with Gasteiger partial charge in [-0.2, -0.15) is 0 Å². The molecule has 0 spiro atoms. The molecule has 1 aliphatic heterocycles. The van der Waals surface area contributed by atoms with Gasteiger partial charge < -0.3 is 10.6 Å². The number of carbonyl (C=O) groups is 1. The topological polar surface area (TPSA) is 41.1 Å². The SMILES string of the molecule is Cc1ccsc1C(=O)NC1CNCCC1c1ccc(F)c(F)c1.Cl. The maximum atomic E-state index is 13.5.